The predicted molar refractivity (Wildman–Crippen MR) is 67.2 cm³/mol. The zero-order chi connectivity index (χ0) is 11.6. The number of unbranched alkanes of at least 4 members (excludes halogenated alkanes) is 2. The molecule has 1 aromatic rings. The number of hydrogen-bond donors (Lipinski definition) is 3. The van der Waals surface area contributed by atoms with Crippen LogP contribution >= 0.6 is 0 Å². The molecule has 0 aliphatic heterocycles. The maximum absolute atomic E-state index is 9.84. The summed E-state index contributed by atoms with van der Waals surface area (Å²) in [4.78, 5) is 0. The Morgan fingerprint density at radius 1 is 1.12 bits per heavy atom. The quantitative estimate of drug-likeness (QED) is 0.583. The van der Waals surface area contributed by atoms with Gasteiger partial charge in [-0.05, 0) is 31.5 Å². The van der Waals surface area contributed by atoms with E-state index in [0.29, 0.717) is 6.54 Å². The van der Waals surface area contributed by atoms with E-state index in [1.165, 1.54) is 0 Å². The molecule has 0 saturated carbocycles. The van der Waals surface area contributed by atoms with Crippen LogP contribution in [-0.2, 0) is 0 Å². The summed E-state index contributed by atoms with van der Waals surface area (Å²) in [5.74, 6) is 0. The molecule has 0 saturated heterocycles. The lowest BCUT2D eigenvalue weighted by molar-refractivity contribution is 0.174. The average molecular weight is 222 g/mol. The van der Waals surface area contributed by atoms with E-state index in [9.17, 15) is 5.11 Å². The highest BCUT2D eigenvalue weighted by molar-refractivity contribution is 5.17. The minimum absolute atomic E-state index is 0.407. The molecule has 16 heavy (non-hydrogen) atoms. The fourth-order valence-electron chi connectivity index (χ4n) is 1.60. The van der Waals surface area contributed by atoms with Crippen LogP contribution in [0.25, 0.3) is 0 Å². The van der Waals surface area contributed by atoms with Crippen LogP contribution < -0.4 is 11.1 Å². The van der Waals surface area contributed by atoms with Crippen molar-refractivity contribution in [2.24, 2.45) is 5.73 Å². The normalized spacial score (nSPS) is 12.6. The van der Waals surface area contributed by atoms with E-state index in [0.717, 1.165) is 37.9 Å². The number of benzene rings is 1. The number of aliphatic hydroxyl groups excluding tert-OH is 1. The second-order valence-corrected chi connectivity index (χ2v) is 3.98. The zero-order valence-corrected chi connectivity index (χ0v) is 9.73. The van der Waals surface area contributed by atoms with Crippen molar-refractivity contribution < 1.29 is 5.11 Å². The average Bonchev–Trinajstić information content (AvgIpc) is 2.34. The standard InChI is InChI=1S/C13H22N2O/c14-9-5-2-6-10-15-11-13(16)12-7-3-1-4-8-12/h1,3-4,7-8,13,15-16H,2,5-6,9-11,14H2. The Labute approximate surface area is 97.7 Å². The van der Waals surface area contributed by atoms with Crippen LogP contribution in [0.5, 0.6) is 0 Å². The molecule has 1 rings (SSSR count). The summed E-state index contributed by atoms with van der Waals surface area (Å²) in [6.45, 7) is 2.34. The number of nitrogens with one attached hydrogen (secondary N) is 1. The van der Waals surface area contributed by atoms with Gasteiger partial charge >= 0.3 is 0 Å². The smallest absolute Gasteiger partial charge is 0.0914 e. The number of aliphatic hydroxyl groups is 1. The van der Waals surface area contributed by atoms with Crippen molar-refractivity contribution in [1.82, 2.24) is 5.32 Å². The van der Waals surface area contributed by atoms with Crippen LogP contribution in [-0.4, -0.2) is 24.7 Å². The first-order valence-electron chi connectivity index (χ1n) is 5.98. The minimum Gasteiger partial charge on any atom is -0.387 e. The fourth-order valence-corrected chi connectivity index (χ4v) is 1.60. The van der Waals surface area contributed by atoms with Crippen LogP contribution in [0.1, 0.15) is 30.9 Å². The molecule has 1 aromatic carbocycles. The maximum atomic E-state index is 9.84. The summed E-state index contributed by atoms with van der Waals surface area (Å²) in [6.07, 6.45) is 2.96. The molecule has 0 aromatic heterocycles. The van der Waals surface area contributed by atoms with Gasteiger partial charge in [0.1, 0.15) is 0 Å². The molecule has 0 aliphatic rings. The van der Waals surface area contributed by atoms with Crippen LogP contribution in [0.2, 0.25) is 0 Å². The molecule has 0 heterocycles. The molecule has 0 bridgehead atoms. The molecule has 0 aliphatic carbocycles. The Bertz CT molecular complexity index is 264. The van der Waals surface area contributed by atoms with Crippen molar-refractivity contribution in [1.29, 1.82) is 0 Å². The highest BCUT2D eigenvalue weighted by atomic mass is 16.3. The van der Waals surface area contributed by atoms with Gasteiger partial charge in [0.15, 0.2) is 0 Å². The number of rotatable bonds is 8. The summed E-state index contributed by atoms with van der Waals surface area (Å²) in [5, 5.41) is 13.1. The van der Waals surface area contributed by atoms with E-state index < -0.39 is 6.10 Å². The van der Waals surface area contributed by atoms with Crippen molar-refractivity contribution in [3.05, 3.63) is 35.9 Å². The predicted octanol–water partition coefficient (Wildman–Crippen LogP) is 1.44. The third kappa shape index (κ3) is 5.26. The lowest BCUT2D eigenvalue weighted by atomic mass is 10.1. The molecular weight excluding hydrogens is 200 g/mol. The van der Waals surface area contributed by atoms with Crippen molar-refractivity contribution in [2.75, 3.05) is 19.6 Å². The van der Waals surface area contributed by atoms with Crippen molar-refractivity contribution in [3.63, 3.8) is 0 Å². The first-order chi connectivity index (χ1) is 7.84. The monoisotopic (exact) mass is 222 g/mol. The van der Waals surface area contributed by atoms with Gasteiger partial charge in [-0.25, -0.2) is 0 Å². The van der Waals surface area contributed by atoms with Gasteiger partial charge in [-0.1, -0.05) is 36.8 Å². The van der Waals surface area contributed by atoms with Crippen molar-refractivity contribution in [3.8, 4) is 0 Å². The van der Waals surface area contributed by atoms with Gasteiger partial charge in [0.05, 0.1) is 6.10 Å². The molecule has 0 amide bonds. The van der Waals surface area contributed by atoms with Gasteiger partial charge in [0, 0.05) is 6.54 Å². The molecule has 3 nitrogen and oxygen atoms in total. The van der Waals surface area contributed by atoms with Gasteiger partial charge in [-0.15, -0.1) is 0 Å². The molecule has 4 N–H and O–H groups in total. The molecule has 1 atom stereocenters. The van der Waals surface area contributed by atoms with Gasteiger partial charge < -0.3 is 16.2 Å². The molecule has 3 heteroatoms. The fraction of sp³-hybridized carbons (Fsp3) is 0.538. The Morgan fingerprint density at radius 2 is 1.88 bits per heavy atom. The lowest BCUT2D eigenvalue weighted by Crippen LogP contribution is -2.22. The molecule has 1 unspecified atom stereocenters. The molecule has 90 valence electrons. The lowest BCUT2D eigenvalue weighted by Gasteiger charge is -2.11. The Morgan fingerprint density at radius 3 is 2.56 bits per heavy atom. The van der Waals surface area contributed by atoms with Crippen LogP contribution in [0.15, 0.2) is 30.3 Å². The number of nitrogens with two attached hydrogens (primary N) is 1. The SMILES string of the molecule is NCCCCCNCC(O)c1ccccc1. The first-order valence-corrected chi connectivity index (χ1v) is 5.98. The molecule has 0 fully saturated rings. The topological polar surface area (TPSA) is 58.3 Å². The first kappa shape index (κ1) is 13.2. The Kier molecular flexibility index (Phi) is 6.81. The van der Waals surface area contributed by atoms with Crippen molar-refractivity contribution >= 4 is 0 Å². The van der Waals surface area contributed by atoms with Crippen LogP contribution in [0.3, 0.4) is 0 Å². The van der Waals surface area contributed by atoms with E-state index in [1.807, 2.05) is 30.3 Å². The third-order valence-corrected chi connectivity index (χ3v) is 2.58. The summed E-state index contributed by atoms with van der Waals surface area (Å²) in [6, 6.07) is 9.73. The summed E-state index contributed by atoms with van der Waals surface area (Å²) in [5.41, 5.74) is 6.38. The maximum Gasteiger partial charge on any atom is 0.0914 e. The van der Waals surface area contributed by atoms with Crippen LogP contribution in [0, 0.1) is 0 Å². The molecule has 0 spiro atoms. The second kappa shape index (κ2) is 8.28. The van der Waals surface area contributed by atoms with E-state index in [4.69, 9.17) is 5.73 Å². The minimum atomic E-state index is -0.407. The highest BCUT2D eigenvalue weighted by Crippen LogP contribution is 2.10. The molecular formula is C13H22N2O. The second-order valence-electron chi connectivity index (χ2n) is 3.98. The van der Waals surface area contributed by atoms with E-state index in [-0.39, 0.29) is 0 Å². The Balaban J connectivity index is 2.09. The van der Waals surface area contributed by atoms with Gasteiger partial charge in [-0.3, -0.25) is 0 Å². The summed E-state index contributed by atoms with van der Waals surface area (Å²) < 4.78 is 0. The van der Waals surface area contributed by atoms with Crippen LogP contribution in [0.4, 0.5) is 0 Å². The van der Waals surface area contributed by atoms with Gasteiger partial charge in [-0.2, -0.15) is 0 Å². The highest BCUT2D eigenvalue weighted by Gasteiger charge is 2.04. The molecule has 0 radical (unpaired) electrons. The van der Waals surface area contributed by atoms with E-state index in [1.54, 1.807) is 0 Å². The zero-order valence-electron chi connectivity index (χ0n) is 9.73. The van der Waals surface area contributed by atoms with E-state index >= 15 is 0 Å². The summed E-state index contributed by atoms with van der Waals surface area (Å²) >= 11 is 0. The largest absolute Gasteiger partial charge is 0.387 e. The Hall–Kier alpha value is -0.900. The van der Waals surface area contributed by atoms with Gasteiger partial charge in [0.2, 0.25) is 0 Å². The summed E-state index contributed by atoms with van der Waals surface area (Å²) in [7, 11) is 0. The number of hydrogen-bond acceptors (Lipinski definition) is 3. The van der Waals surface area contributed by atoms with Gasteiger partial charge in [0.25, 0.3) is 0 Å². The third-order valence-electron chi connectivity index (χ3n) is 2.58. The van der Waals surface area contributed by atoms with Crippen molar-refractivity contribution in [2.45, 2.75) is 25.4 Å². The van der Waals surface area contributed by atoms with E-state index in [2.05, 4.69) is 5.32 Å².